The van der Waals surface area contributed by atoms with Crippen LogP contribution in [-0.4, -0.2) is 14.2 Å². The first-order valence-electron chi connectivity index (χ1n) is 2.02. The normalized spacial score (nSPS) is 8.80. The van der Waals surface area contributed by atoms with Gasteiger partial charge in [-0.2, -0.15) is 4.21 Å². The van der Waals surface area contributed by atoms with Gasteiger partial charge in [-0.3, -0.25) is 0 Å². The second-order valence-corrected chi connectivity index (χ2v) is 1.79. The van der Waals surface area contributed by atoms with Crippen LogP contribution in [0.1, 0.15) is 0 Å². The first-order valence-corrected chi connectivity index (χ1v) is 3.35. The Kier molecular flexibility index (Phi) is 5.05. The number of hydrogen-bond acceptors (Lipinski definition) is 2. The van der Waals surface area contributed by atoms with E-state index in [9.17, 15) is 7.77 Å². The Balaban J connectivity index is 0.000000180. The van der Waals surface area contributed by atoms with Gasteiger partial charge in [0.2, 0.25) is 0 Å². The van der Waals surface area contributed by atoms with Gasteiger partial charge in [-0.25, -0.2) is 4.98 Å². The average molecular weight is 189 g/mol. The van der Waals surface area contributed by atoms with E-state index in [0.717, 1.165) is 0 Å². The molecule has 0 saturated heterocycles. The van der Waals surface area contributed by atoms with Gasteiger partial charge < -0.3 is 4.98 Å². The van der Waals surface area contributed by atoms with Gasteiger partial charge in [0.25, 0.3) is 0 Å². The van der Waals surface area contributed by atoms with Gasteiger partial charge in [-0.05, 0) is 11.6 Å². The largest absolute Gasteiger partial charge is 0.385 e. The highest BCUT2D eigenvalue weighted by Gasteiger charge is 1.77. The second-order valence-electron chi connectivity index (χ2n) is 1.06. The van der Waals surface area contributed by atoms with Gasteiger partial charge in [0, 0.05) is 12.4 Å². The Morgan fingerprint density at radius 1 is 1.70 bits per heavy atom. The Labute approximate surface area is 63.5 Å². The molecule has 7 heteroatoms. The Hall–Kier alpha value is -0.490. The molecule has 10 heavy (non-hydrogen) atoms. The predicted octanol–water partition coefficient (Wildman–Crippen LogP) is 1.57. The molecule has 0 saturated carbocycles. The van der Waals surface area contributed by atoms with Crippen LogP contribution >= 0.6 is 11.6 Å². The number of aromatic amines is 1. The van der Waals surface area contributed by atoms with Crippen molar-refractivity contribution >= 4 is 23.2 Å². The van der Waals surface area contributed by atoms with Gasteiger partial charge in [-0.15, -0.1) is 0 Å². The van der Waals surface area contributed by atoms with E-state index in [0.29, 0.717) is 5.28 Å². The minimum Gasteiger partial charge on any atom is -0.335 e. The van der Waals surface area contributed by atoms with Crippen LogP contribution in [0.4, 0.5) is 7.77 Å². The van der Waals surface area contributed by atoms with Crippen molar-refractivity contribution in [2.24, 2.45) is 0 Å². The fourth-order valence-electron chi connectivity index (χ4n) is 0.246. The van der Waals surface area contributed by atoms with E-state index < -0.39 is 11.6 Å². The van der Waals surface area contributed by atoms with Crippen molar-refractivity contribution in [3.63, 3.8) is 0 Å². The lowest BCUT2D eigenvalue weighted by Gasteiger charge is -1.64. The number of imidazole rings is 1. The van der Waals surface area contributed by atoms with Gasteiger partial charge in [0.1, 0.15) is 0 Å². The SMILES string of the molecule is Clc1ncc[nH]1.O=S(F)F. The third kappa shape index (κ3) is 7.51. The molecule has 1 rings (SSSR count). The molecular weight excluding hydrogens is 186 g/mol. The number of hydrogen-bond donors (Lipinski definition) is 1. The van der Waals surface area contributed by atoms with Crippen LogP contribution in [0.5, 0.6) is 0 Å². The van der Waals surface area contributed by atoms with Crippen LogP contribution < -0.4 is 0 Å². The molecular formula is C3H3ClF2N2OS. The summed E-state index contributed by atoms with van der Waals surface area (Å²) in [6, 6.07) is 0. The molecule has 1 N–H and O–H groups in total. The molecule has 0 atom stereocenters. The topological polar surface area (TPSA) is 45.8 Å². The summed E-state index contributed by atoms with van der Waals surface area (Å²) in [5, 5.41) is 0.440. The van der Waals surface area contributed by atoms with Crippen molar-refractivity contribution in [3.8, 4) is 0 Å². The molecule has 0 fully saturated rings. The van der Waals surface area contributed by atoms with Crippen molar-refractivity contribution in [1.29, 1.82) is 0 Å². The van der Waals surface area contributed by atoms with Crippen molar-refractivity contribution in [1.82, 2.24) is 9.97 Å². The molecule has 0 aliphatic carbocycles. The van der Waals surface area contributed by atoms with Crippen molar-refractivity contribution < 1.29 is 12.0 Å². The summed E-state index contributed by atoms with van der Waals surface area (Å²) in [7, 11) is 0. The van der Waals surface area contributed by atoms with E-state index in [1.54, 1.807) is 12.4 Å². The number of H-pyrrole nitrogens is 1. The third-order valence-corrected chi connectivity index (χ3v) is 0.672. The number of nitrogens with one attached hydrogen (secondary N) is 1. The van der Waals surface area contributed by atoms with Gasteiger partial charge in [-0.1, -0.05) is 7.77 Å². The molecule has 0 amide bonds. The van der Waals surface area contributed by atoms with E-state index >= 15 is 0 Å². The molecule has 1 aromatic rings. The summed E-state index contributed by atoms with van der Waals surface area (Å²) in [5.41, 5.74) is 0. The van der Waals surface area contributed by atoms with Crippen LogP contribution in [0.2, 0.25) is 5.28 Å². The van der Waals surface area contributed by atoms with Crippen LogP contribution in [0, 0.1) is 0 Å². The standard InChI is InChI=1S/C3H3ClN2.F2OS/c4-3-5-1-2-6-3;1-4(2)3/h1-2H,(H,5,6);. The molecule has 3 nitrogen and oxygen atoms in total. The molecule has 1 aromatic heterocycles. The lowest BCUT2D eigenvalue weighted by molar-refractivity contribution is 0.602. The first-order chi connectivity index (χ1) is 4.63. The number of nitrogens with zero attached hydrogens (tertiary/aromatic N) is 1. The van der Waals surface area contributed by atoms with Crippen molar-refractivity contribution in [3.05, 3.63) is 17.7 Å². The van der Waals surface area contributed by atoms with E-state index in [4.69, 9.17) is 15.8 Å². The van der Waals surface area contributed by atoms with Crippen molar-refractivity contribution in [2.45, 2.75) is 0 Å². The van der Waals surface area contributed by atoms with Gasteiger partial charge in [0.05, 0.1) is 0 Å². The summed E-state index contributed by atoms with van der Waals surface area (Å²) >= 11 is 1.68. The molecule has 0 radical (unpaired) electrons. The zero-order valence-corrected chi connectivity index (χ0v) is 6.12. The molecule has 0 aromatic carbocycles. The predicted molar refractivity (Wildman–Crippen MR) is 34.0 cm³/mol. The number of aromatic nitrogens is 2. The molecule has 1 heterocycles. The fourth-order valence-corrected chi connectivity index (χ4v) is 0.365. The quantitative estimate of drug-likeness (QED) is 0.628. The van der Waals surface area contributed by atoms with Crippen LogP contribution in [0.25, 0.3) is 0 Å². The van der Waals surface area contributed by atoms with E-state index in [-0.39, 0.29) is 0 Å². The van der Waals surface area contributed by atoms with Crippen LogP contribution in [0.15, 0.2) is 12.4 Å². The zero-order valence-electron chi connectivity index (χ0n) is 4.55. The van der Waals surface area contributed by atoms with Gasteiger partial charge in [0.15, 0.2) is 5.28 Å². The lowest BCUT2D eigenvalue weighted by atomic mass is 11.0. The molecule has 0 bridgehead atoms. The second kappa shape index (κ2) is 5.31. The summed E-state index contributed by atoms with van der Waals surface area (Å²) in [6.45, 7) is 0. The molecule has 0 spiro atoms. The summed E-state index contributed by atoms with van der Waals surface area (Å²) < 4.78 is 27.8. The van der Waals surface area contributed by atoms with Crippen molar-refractivity contribution in [2.75, 3.05) is 0 Å². The van der Waals surface area contributed by atoms with E-state index in [1.165, 1.54) is 0 Å². The van der Waals surface area contributed by atoms with E-state index in [1.807, 2.05) is 0 Å². The number of halogens is 3. The minimum absolute atomic E-state index is 0.440. The fraction of sp³-hybridized carbons (Fsp3) is 0. The zero-order chi connectivity index (χ0) is 7.98. The van der Waals surface area contributed by atoms with Crippen LogP contribution in [-0.2, 0) is 11.6 Å². The summed E-state index contributed by atoms with van der Waals surface area (Å²) in [5.74, 6) is 0. The first kappa shape index (κ1) is 9.51. The van der Waals surface area contributed by atoms with E-state index in [2.05, 4.69) is 9.97 Å². The lowest BCUT2D eigenvalue weighted by Crippen LogP contribution is -1.56. The maximum atomic E-state index is 9.81. The third-order valence-electron chi connectivity index (χ3n) is 0.465. The maximum Gasteiger partial charge on any atom is 0.385 e. The molecule has 0 aliphatic heterocycles. The highest BCUT2D eigenvalue weighted by atomic mass is 35.5. The Morgan fingerprint density at radius 2 is 2.20 bits per heavy atom. The minimum atomic E-state index is -3.61. The van der Waals surface area contributed by atoms with Gasteiger partial charge >= 0.3 is 11.6 Å². The highest BCUT2D eigenvalue weighted by Crippen LogP contribution is 1.92. The number of rotatable bonds is 0. The Bertz CT molecular complexity index is 188. The summed E-state index contributed by atoms with van der Waals surface area (Å²) in [4.78, 5) is 6.28. The van der Waals surface area contributed by atoms with Crippen LogP contribution in [0.3, 0.4) is 0 Å². The average Bonchev–Trinajstić information content (AvgIpc) is 2.15. The smallest absolute Gasteiger partial charge is 0.335 e. The monoisotopic (exact) mass is 188 g/mol. The molecule has 58 valence electrons. The Morgan fingerprint density at radius 3 is 2.30 bits per heavy atom. The maximum absolute atomic E-state index is 9.81. The molecule has 0 aliphatic rings. The molecule has 0 unspecified atom stereocenters. The summed E-state index contributed by atoms with van der Waals surface area (Å²) in [6.07, 6.45) is 3.27. The highest BCUT2D eigenvalue weighted by molar-refractivity contribution is 7.74.